The maximum absolute atomic E-state index is 11.0. The third-order valence-corrected chi connectivity index (χ3v) is 3.45. The van der Waals surface area contributed by atoms with E-state index in [1.54, 1.807) is 18.4 Å². The zero-order chi connectivity index (χ0) is 14.7. The Kier molecular flexibility index (Phi) is 4.21. The van der Waals surface area contributed by atoms with Crippen LogP contribution in [0.15, 0.2) is 28.7 Å². The molecular weight excluding hydrogens is 300 g/mol. The molecule has 0 unspecified atom stereocenters. The zero-order valence-electron chi connectivity index (χ0n) is 10.4. The Balaban J connectivity index is 2.18. The van der Waals surface area contributed by atoms with Gasteiger partial charge in [0.1, 0.15) is 0 Å². The molecule has 1 aromatic heterocycles. The van der Waals surface area contributed by atoms with E-state index in [-0.39, 0.29) is 10.6 Å². The van der Waals surface area contributed by atoms with Crippen molar-refractivity contribution in [1.29, 1.82) is 0 Å². The Morgan fingerprint density at radius 3 is 2.90 bits per heavy atom. The van der Waals surface area contributed by atoms with Gasteiger partial charge in [0.25, 0.3) is 0 Å². The van der Waals surface area contributed by atoms with Crippen molar-refractivity contribution in [3.8, 4) is 0 Å². The van der Waals surface area contributed by atoms with Crippen molar-refractivity contribution in [2.45, 2.75) is 6.92 Å². The van der Waals surface area contributed by atoms with E-state index >= 15 is 0 Å². The van der Waals surface area contributed by atoms with Gasteiger partial charge >= 0.3 is 5.97 Å². The van der Waals surface area contributed by atoms with E-state index < -0.39 is 5.97 Å². The molecule has 0 bridgehead atoms. The van der Waals surface area contributed by atoms with E-state index in [0.717, 1.165) is 0 Å². The maximum atomic E-state index is 11.0. The highest BCUT2D eigenvalue weighted by atomic mass is 35.5. The van der Waals surface area contributed by atoms with Gasteiger partial charge in [-0.15, -0.1) is 11.3 Å². The number of hydrogen-bond donors (Lipinski definition) is 3. The molecule has 104 valence electrons. The lowest BCUT2D eigenvalue weighted by Gasteiger charge is -2.04. The highest BCUT2D eigenvalue weighted by molar-refractivity contribution is 7.13. The molecular formula is C12H11ClN4O2S. The summed E-state index contributed by atoms with van der Waals surface area (Å²) in [7, 11) is 0. The van der Waals surface area contributed by atoms with Gasteiger partial charge in [-0.25, -0.2) is 9.78 Å². The number of thiazole rings is 1. The topological polar surface area (TPSA) is 101 Å². The van der Waals surface area contributed by atoms with Crippen molar-refractivity contribution in [3.05, 3.63) is 39.9 Å². The molecule has 0 saturated heterocycles. The molecule has 2 rings (SSSR count). The molecule has 0 saturated carbocycles. The molecule has 0 radical (unpaired) electrons. The zero-order valence-corrected chi connectivity index (χ0v) is 12.0. The highest BCUT2D eigenvalue weighted by Gasteiger charge is 2.09. The third kappa shape index (κ3) is 3.25. The van der Waals surface area contributed by atoms with Gasteiger partial charge in [0, 0.05) is 5.38 Å². The summed E-state index contributed by atoms with van der Waals surface area (Å²) in [6, 6.07) is 4.55. The van der Waals surface area contributed by atoms with Crippen molar-refractivity contribution >= 4 is 45.4 Å². The summed E-state index contributed by atoms with van der Waals surface area (Å²) < 4.78 is 0. The minimum Gasteiger partial charge on any atom is -0.478 e. The SMILES string of the molecule is CC(=NNc1ccc(Cl)c(C(=O)O)c1)c1csc(N)n1. The van der Waals surface area contributed by atoms with Crippen LogP contribution in [0.3, 0.4) is 0 Å². The van der Waals surface area contributed by atoms with E-state index in [4.69, 9.17) is 22.4 Å². The fourth-order valence-electron chi connectivity index (χ4n) is 1.42. The van der Waals surface area contributed by atoms with Gasteiger partial charge in [-0.3, -0.25) is 5.43 Å². The van der Waals surface area contributed by atoms with Crippen molar-refractivity contribution in [3.63, 3.8) is 0 Å². The van der Waals surface area contributed by atoms with Gasteiger partial charge in [0.05, 0.1) is 27.7 Å². The predicted octanol–water partition coefficient (Wildman–Crippen LogP) is 2.91. The quantitative estimate of drug-likeness (QED) is 0.595. The van der Waals surface area contributed by atoms with Gasteiger partial charge in [-0.1, -0.05) is 11.6 Å². The first kappa shape index (κ1) is 14.3. The second-order valence-corrected chi connectivity index (χ2v) is 5.18. The summed E-state index contributed by atoms with van der Waals surface area (Å²) >= 11 is 7.11. The minimum absolute atomic E-state index is 0.0161. The summed E-state index contributed by atoms with van der Waals surface area (Å²) in [6.45, 7) is 1.77. The van der Waals surface area contributed by atoms with Crippen LogP contribution in [0.5, 0.6) is 0 Å². The van der Waals surface area contributed by atoms with E-state index in [0.29, 0.717) is 22.2 Å². The lowest BCUT2D eigenvalue weighted by Crippen LogP contribution is -2.02. The van der Waals surface area contributed by atoms with Crippen LogP contribution in [0.2, 0.25) is 5.02 Å². The summed E-state index contributed by atoms with van der Waals surface area (Å²) in [6.07, 6.45) is 0. The molecule has 0 aliphatic rings. The molecule has 20 heavy (non-hydrogen) atoms. The van der Waals surface area contributed by atoms with Gasteiger partial charge in [-0.2, -0.15) is 5.10 Å². The minimum atomic E-state index is -1.09. The normalized spacial score (nSPS) is 11.4. The van der Waals surface area contributed by atoms with Gasteiger partial charge in [0.2, 0.25) is 0 Å². The average molecular weight is 311 g/mol. The monoisotopic (exact) mass is 310 g/mol. The molecule has 0 aliphatic carbocycles. The van der Waals surface area contributed by atoms with E-state index in [1.807, 2.05) is 0 Å². The van der Waals surface area contributed by atoms with E-state index in [2.05, 4.69) is 15.5 Å². The number of carboxylic acid groups (broad SMARTS) is 1. The van der Waals surface area contributed by atoms with Gasteiger partial charge in [0.15, 0.2) is 5.13 Å². The summed E-state index contributed by atoms with van der Waals surface area (Å²) in [5.41, 5.74) is 10.2. The number of benzene rings is 1. The van der Waals surface area contributed by atoms with Crippen LogP contribution in [-0.2, 0) is 0 Å². The molecule has 0 aliphatic heterocycles. The van der Waals surface area contributed by atoms with Crippen molar-refractivity contribution in [2.24, 2.45) is 5.10 Å². The number of rotatable bonds is 4. The molecule has 0 atom stereocenters. The number of nitrogen functional groups attached to an aromatic ring is 1. The Labute approximate surface area is 123 Å². The van der Waals surface area contributed by atoms with Crippen LogP contribution in [0.1, 0.15) is 23.0 Å². The third-order valence-electron chi connectivity index (χ3n) is 2.44. The Morgan fingerprint density at radius 2 is 2.30 bits per heavy atom. The van der Waals surface area contributed by atoms with Crippen LogP contribution < -0.4 is 11.2 Å². The first-order chi connectivity index (χ1) is 9.47. The van der Waals surface area contributed by atoms with E-state index in [1.165, 1.54) is 23.5 Å². The number of anilines is 2. The fourth-order valence-corrected chi connectivity index (χ4v) is 2.22. The molecule has 4 N–H and O–H groups in total. The molecule has 1 aromatic carbocycles. The number of aromatic nitrogens is 1. The second kappa shape index (κ2) is 5.89. The number of hydrogen-bond acceptors (Lipinski definition) is 6. The number of carboxylic acids is 1. The first-order valence-electron chi connectivity index (χ1n) is 5.52. The van der Waals surface area contributed by atoms with Crippen molar-refractivity contribution in [1.82, 2.24) is 4.98 Å². The largest absolute Gasteiger partial charge is 0.478 e. The Bertz CT molecular complexity index is 684. The van der Waals surface area contributed by atoms with Gasteiger partial charge < -0.3 is 10.8 Å². The Morgan fingerprint density at radius 1 is 1.55 bits per heavy atom. The van der Waals surface area contributed by atoms with Crippen LogP contribution in [0, 0.1) is 0 Å². The lowest BCUT2D eigenvalue weighted by atomic mass is 10.2. The van der Waals surface area contributed by atoms with Crippen LogP contribution >= 0.6 is 22.9 Å². The van der Waals surface area contributed by atoms with Crippen LogP contribution in [0.25, 0.3) is 0 Å². The number of nitrogens with one attached hydrogen (secondary N) is 1. The van der Waals surface area contributed by atoms with Gasteiger partial charge in [-0.05, 0) is 25.1 Å². The van der Waals surface area contributed by atoms with E-state index in [9.17, 15) is 4.79 Å². The Hall–Kier alpha value is -2.12. The lowest BCUT2D eigenvalue weighted by molar-refractivity contribution is 0.0697. The molecule has 2 aromatic rings. The summed E-state index contributed by atoms with van der Waals surface area (Å²) in [4.78, 5) is 15.1. The van der Waals surface area contributed by atoms with Crippen molar-refractivity contribution in [2.75, 3.05) is 11.2 Å². The number of hydrazone groups is 1. The number of carbonyl (C=O) groups is 1. The van der Waals surface area contributed by atoms with Crippen LogP contribution in [0.4, 0.5) is 10.8 Å². The fraction of sp³-hybridized carbons (Fsp3) is 0.0833. The summed E-state index contributed by atoms with van der Waals surface area (Å²) in [5.74, 6) is -1.09. The number of aromatic carboxylic acids is 1. The maximum Gasteiger partial charge on any atom is 0.337 e. The molecule has 0 spiro atoms. The molecule has 8 heteroatoms. The second-order valence-electron chi connectivity index (χ2n) is 3.88. The molecule has 0 fully saturated rings. The smallest absolute Gasteiger partial charge is 0.337 e. The number of nitrogens with zero attached hydrogens (tertiary/aromatic N) is 2. The number of halogens is 1. The molecule has 1 heterocycles. The average Bonchev–Trinajstić information content (AvgIpc) is 2.84. The van der Waals surface area contributed by atoms with Crippen LogP contribution in [-0.4, -0.2) is 21.8 Å². The first-order valence-corrected chi connectivity index (χ1v) is 6.77. The molecule has 0 amide bonds. The predicted molar refractivity (Wildman–Crippen MR) is 80.8 cm³/mol. The van der Waals surface area contributed by atoms with Crippen molar-refractivity contribution < 1.29 is 9.90 Å². The highest BCUT2D eigenvalue weighted by Crippen LogP contribution is 2.21. The summed E-state index contributed by atoms with van der Waals surface area (Å²) in [5, 5.41) is 15.5. The number of nitrogens with two attached hydrogens (primary N) is 1. The molecule has 6 nitrogen and oxygen atoms in total. The standard InChI is InChI=1S/C12H11ClN4O2S/c1-6(10-5-20-12(14)15-10)16-17-7-2-3-9(13)8(4-7)11(18)19/h2-5,17H,1H3,(H2,14,15)(H,18,19).